The summed E-state index contributed by atoms with van der Waals surface area (Å²) in [6.45, 7) is 2.09. The van der Waals surface area contributed by atoms with E-state index in [1.165, 1.54) is 5.56 Å². The molecule has 3 N–H and O–H groups in total. The number of hydrogen-bond acceptors (Lipinski definition) is 3. The number of nitrogen functional groups attached to an aromatic ring is 1. The summed E-state index contributed by atoms with van der Waals surface area (Å²) in [6, 6.07) is 22.3. The maximum atomic E-state index is 5.82. The molecule has 4 heteroatoms. The van der Waals surface area contributed by atoms with Gasteiger partial charge in [-0.05, 0) is 49.4 Å². The first-order chi connectivity index (χ1) is 11.7. The Morgan fingerprint density at radius 2 is 1.71 bits per heavy atom. The second-order valence-corrected chi connectivity index (χ2v) is 5.84. The molecule has 0 fully saturated rings. The van der Waals surface area contributed by atoms with Crippen LogP contribution in [0.3, 0.4) is 0 Å². The van der Waals surface area contributed by atoms with E-state index in [0.29, 0.717) is 5.82 Å². The minimum atomic E-state index is 0.517. The minimum Gasteiger partial charge on any atom is -0.384 e. The van der Waals surface area contributed by atoms with Gasteiger partial charge < -0.3 is 15.6 Å². The number of benzene rings is 2. The molecular formula is C20H18N4. The predicted octanol–water partition coefficient (Wildman–Crippen LogP) is 4.66. The van der Waals surface area contributed by atoms with Gasteiger partial charge in [-0.15, -0.1) is 0 Å². The van der Waals surface area contributed by atoms with Gasteiger partial charge in [0.1, 0.15) is 11.6 Å². The van der Waals surface area contributed by atoms with E-state index in [-0.39, 0.29) is 0 Å². The molecule has 118 valence electrons. The lowest BCUT2D eigenvalue weighted by atomic mass is 10.2. The highest BCUT2D eigenvalue weighted by Crippen LogP contribution is 2.29. The Balaban J connectivity index is 1.77. The van der Waals surface area contributed by atoms with Crippen molar-refractivity contribution in [3.63, 3.8) is 0 Å². The Hall–Kier alpha value is -3.27. The summed E-state index contributed by atoms with van der Waals surface area (Å²) in [5.41, 5.74) is 10.3. The molecule has 4 aromatic rings. The molecule has 2 heterocycles. The number of nitrogens with one attached hydrogen (secondary N) is 1. The number of anilines is 3. The van der Waals surface area contributed by atoms with Gasteiger partial charge in [0, 0.05) is 23.0 Å². The molecular weight excluding hydrogens is 296 g/mol. The molecule has 24 heavy (non-hydrogen) atoms. The number of pyridine rings is 1. The predicted molar refractivity (Wildman–Crippen MR) is 99.9 cm³/mol. The fourth-order valence-electron chi connectivity index (χ4n) is 2.84. The first-order valence-electron chi connectivity index (χ1n) is 7.87. The minimum absolute atomic E-state index is 0.517. The van der Waals surface area contributed by atoms with Crippen LogP contribution in [0.1, 0.15) is 5.56 Å². The van der Waals surface area contributed by atoms with Gasteiger partial charge in [0.2, 0.25) is 0 Å². The largest absolute Gasteiger partial charge is 0.384 e. The van der Waals surface area contributed by atoms with Crippen LogP contribution in [0, 0.1) is 6.92 Å². The Morgan fingerprint density at radius 3 is 2.50 bits per heavy atom. The van der Waals surface area contributed by atoms with Crippen molar-refractivity contribution in [2.75, 3.05) is 11.1 Å². The van der Waals surface area contributed by atoms with Crippen LogP contribution in [0.25, 0.3) is 16.7 Å². The molecule has 0 aliphatic carbocycles. The number of nitrogens with two attached hydrogens (primary N) is 1. The number of hydrogen-bond donors (Lipinski definition) is 2. The van der Waals surface area contributed by atoms with Crippen molar-refractivity contribution in [3.05, 3.63) is 78.5 Å². The van der Waals surface area contributed by atoms with E-state index >= 15 is 0 Å². The van der Waals surface area contributed by atoms with Gasteiger partial charge in [-0.25, -0.2) is 4.98 Å². The molecule has 0 aliphatic heterocycles. The van der Waals surface area contributed by atoms with E-state index in [2.05, 4.69) is 59.7 Å². The molecule has 0 bridgehead atoms. The van der Waals surface area contributed by atoms with Crippen LogP contribution in [-0.2, 0) is 0 Å². The molecule has 0 aliphatic rings. The van der Waals surface area contributed by atoms with Crippen molar-refractivity contribution in [3.8, 4) is 5.82 Å². The van der Waals surface area contributed by atoms with Crippen LogP contribution in [0.15, 0.2) is 72.9 Å². The van der Waals surface area contributed by atoms with Crippen molar-refractivity contribution >= 4 is 28.1 Å². The standard InChI is InChI=1S/C20H18N4/c1-14-8-10-15(11-9-14)22-17-4-2-5-18-16(17)12-13-24(18)20-7-3-6-19(21)23-20/h2-13,22H,1H3,(H2,21,23). The van der Waals surface area contributed by atoms with Gasteiger partial charge in [-0.2, -0.15) is 0 Å². The second-order valence-electron chi connectivity index (χ2n) is 5.84. The van der Waals surface area contributed by atoms with E-state index in [0.717, 1.165) is 28.1 Å². The number of rotatable bonds is 3. The molecule has 2 aromatic carbocycles. The maximum absolute atomic E-state index is 5.82. The van der Waals surface area contributed by atoms with Crippen molar-refractivity contribution in [1.82, 2.24) is 9.55 Å². The molecule has 4 rings (SSSR count). The summed E-state index contributed by atoms with van der Waals surface area (Å²) in [7, 11) is 0. The second kappa shape index (κ2) is 5.74. The Bertz CT molecular complexity index is 1000. The highest BCUT2D eigenvalue weighted by molar-refractivity contribution is 5.95. The van der Waals surface area contributed by atoms with Gasteiger partial charge in [0.05, 0.1) is 5.52 Å². The number of nitrogens with zero attached hydrogens (tertiary/aromatic N) is 2. The third-order valence-corrected chi connectivity index (χ3v) is 4.07. The van der Waals surface area contributed by atoms with Crippen LogP contribution in [-0.4, -0.2) is 9.55 Å². The maximum Gasteiger partial charge on any atom is 0.139 e. The fourth-order valence-corrected chi connectivity index (χ4v) is 2.84. The normalized spacial score (nSPS) is 10.9. The smallest absolute Gasteiger partial charge is 0.139 e. The van der Waals surface area contributed by atoms with Crippen molar-refractivity contribution < 1.29 is 0 Å². The van der Waals surface area contributed by atoms with E-state index in [9.17, 15) is 0 Å². The first kappa shape index (κ1) is 14.3. The molecule has 0 saturated heterocycles. The van der Waals surface area contributed by atoms with Crippen LogP contribution < -0.4 is 11.1 Å². The topological polar surface area (TPSA) is 55.9 Å². The average Bonchev–Trinajstić information content (AvgIpc) is 3.02. The third kappa shape index (κ3) is 2.58. The summed E-state index contributed by atoms with van der Waals surface area (Å²) in [4.78, 5) is 4.41. The average molecular weight is 314 g/mol. The van der Waals surface area contributed by atoms with Crippen LogP contribution >= 0.6 is 0 Å². The lowest BCUT2D eigenvalue weighted by molar-refractivity contribution is 1.05. The number of aryl methyl sites for hydroxylation is 1. The van der Waals surface area contributed by atoms with Crippen molar-refractivity contribution in [2.24, 2.45) is 0 Å². The van der Waals surface area contributed by atoms with Crippen LogP contribution in [0.2, 0.25) is 0 Å². The number of aromatic nitrogens is 2. The van der Waals surface area contributed by atoms with Gasteiger partial charge in [0.15, 0.2) is 0 Å². The summed E-state index contributed by atoms with van der Waals surface area (Å²) in [5, 5.41) is 4.63. The highest BCUT2D eigenvalue weighted by Gasteiger charge is 2.08. The molecule has 0 amide bonds. The van der Waals surface area contributed by atoms with Gasteiger partial charge in [-0.3, -0.25) is 0 Å². The molecule has 4 nitrogen and oxygen atoms in total. The van der Waals surface area contributed by atoms with Gasteiger partial charge >= 0.3 is 0 Å². The molecule has 2 aromatic heterocycles. The highest BCUT2D eigenvalue weighted by atomic mass is 15.1. The monoisotopic (exact) mass is 314 g/mol. The molecule has 0 saturated carbocycles. The zero-order valence-electron chi connectivity index (χ0n) is 13.4. The van der Waals surface area contributed by atoms with E-state index in [4.69, 9.17) is 5.73 Å². The first-order valence-corrected chi connectivity index (χ1v) is 7.87. The van der Waals surface area contributed by atoms with E-state index in [1.807, 2.05) is 29.0 Å². The molecule has 0 unspecified atom stereocenters. The summed E-state index contributed by atoms with van der Waals surface area (Å²) in [5.74, 6) is 1.33. The Kier molecular flexibility index (Phi) is 3.43. The Morgan fingerprint density at radius 1 is 0.917 bits per heavy atom. The van der Waals surface area contributed by atoms with Gasteiger partial charge in [-0.1, -0.05) is 29.8 Å². The zero-order valence-corrected chi connectivity index (χ0v) is 13.4. The summed E-state index contributed by atoms with van der Waals surface area (Å²) >= 11 is 0. The van der Waals surface area contributed by atoms with E-state index in [1.54, 1.807) is 6.07 Å². The van der Waals surface area contributed by atoms with Crippen LogP contribution in [0.5, 0.6) is 0 Å². The zero-order chi connectivity index (χ0) is 16.5. The SMILES string of the molecule is Cc1ccc(Nc2cccc3c2ccn3-c2cccc(N)n2)cc1. The van der Waals surface area contributed by atoms with Crippen molar-refractivity contribution in [2.45, 2.75) is 6.92 Å². The third-order valence-electron chi connectivity index (χ3n) is 4.07. The van der Waals surface area contributed by atoms with Gasteiger partial charge in [0.25, 0.3) is 0 Å². The van der Waals surface area contributed by atoms with E-state index < -0.39 is 0 Å². The molecule has 0 radical (unpaired) electrons. The van der Waals surface area contributed by atoms with Crippen molar-refractivity contribution in [1.29, 1.82) is 0 Å². The lowest BCUT2D eigenvalue weighted by Gasteiger charge is -2.10. The van der Waals surface area contributed by atoms with Crippen LogP contribution in [0.4, 0.5) is 17.2 Å². The lowest BCUT2D eigenvalue weighted by Crippen LogP contribution is -1.98. The number of fused-ring (bicyclic) bond motifs is 1. The summed E-state index contributed by atoms with van der Waals surface area (Å²) in [6.07, 6.45) is 2.02. The molecule has 0 atom stereocenters. The molecule has 0 spiro atoms. The Labute approximate surface area is 140 Å². The summed E-state index contributed by atoms with van der Waals surface area (Å²) < 4.78 is 2.05. The quantitative estimate of drug-likeness (QED) is 0.578. The fraction of sp³-hybridized carbons (Fsp3) is 0.0500.